The largest absolute Gasteiger partial charge is 0.356 e. The Bertz CT molecular complexity index is 223. The van der Waals surface area contributed by atoms with Crippen molar-refractivity contribution in [3.8, 4) is 0 Å². The summed E-state index contributed by atoms with van der Waals surface area (Å²) in [7, 11) is 0. The first kappa shape index (κ1) is 11.5. The molecule has 0 bridgehead atoms. The van der Waals surface area contributed by atoms with Crippen molar-refractivity contribution in [3.05, 3.63) is 0 Å². The topological polar surface area (TPSA) is 55.1 Å². The summed E-state index contributed by atoms with van der Waals surface area (Å²) in [6.45, 7) is 9.02. The summed E-state index contributed by atoms with van der Waals surface area (Å²) in [6, 6.07) is -0.0674. The third-order valence-electron chi connectivity index (χ3n) is 3.44. The number of hydrogen-bond acceptors (Lipinski definition) is 2. The van der Waals surface area contributed by atoms with Gasteiger partial charge in [-0.2, -0.15) is 0 Å². The smallest absolute Gasteiger partial charge is 0.224 e. The van der Waals surface area contributed by atoms with E-state index in [-0.39, 0.29) is 17.9 Å². The summed E-state index contributed by atoms with van der Waals surface area (Å²) in [5.74, 6) is 0.659. The molecule has 1 aliphatic carbocycles. The molecule has 0 heterocycles. The molecular formula is C11H22N2O. The van der Waals surface area contributed by atoms with Crippen LogP contribution >= 0.6 is 0 Å². The van der Waals surface area contributed by atoms with Crippen LogP contribution in [-0.4, -0.2) is 18.5 Å². The average molecular weight is 198 g/mol. The average Bonchev–Trinajstić information content (AvgIpc) is 2.68. The van der Waals surface area contributed by atoms with Crippen molar-refractivity contribution in [1.29, 1.82) is 0 Å². The van der Waals surface area contributed by atoms with Gasteiger partial charge >= 0.3 is 0 Å². The highest BCUT2D eigenvalue weighted by Gasteiger charge is 2.45. The second-order valence-electron chi connectivity index (χ2n) is 5.28. The summed E-state index contributed by atoms with van der Waals surface area (Å²) in [5.41, 5.74) is 6.09. The Morgan fingerprint density at radius 3 is 2.43 bits per heavy atom. The number of nitrogens with one attached hydrogen (secondary N) is 1. The van der Waals surface area contributed by atoms with E-state index < -0.39 is 0 Å². The van der Waals surface area contributed by atoms with Crippen molar-refractivity contribution >= 4 is 5.91 Å². The highest BCUT2D eigenvalue weighted by Crippen LogP contribution is 2.50. The molecule has 3 heteroatoms. The van der Waals surface area contributed by atoms with Crippen LogP contribution in [0.4, 0.5) is 0 Å². The molecular weight excluding hydrogens is 176 g/mol. The van der Waals surface area contributed by atoms with Crippen LogP contribution in [0.1, 0.15) is 34.1 Å². The van der Waals surface area contributed by atoms with E-state index in [1.807, 2.05) is 13.8 Å². The molecule has 0 aromatic carbocycles. The first-order valence-electron chi connectivity index (χ1n) is 5.38. The normalized spacial score (nSPS) is 27.9. The van der Waals surface area contributed by atoms with Crippen LogP contribution in [0, 0.1) is 17.3 Å². The van der Waals surface area contributed by atoms with Gasteiger partial charge in [0.15, 0.2) is 0 Å². The first-order valence-corrected chi connectivity index (χ1v) is 5.38. The molecule has 14 heavy (non-hydrogen) atoms. The Morgan fingerprint density at radius 1 is 1.57 bits per heavy atom. The van der Waals surface area contributed by atoms with Crippen LogP contribution in [0.3, 0.4) is 0 Å². The third kappa shape index (κ3) is 2.71. The molecule has 3 unspecified atom stereocenters. The van der Waals surface area contributed by atoms with Crippen LogP contribution in [-0.2, 0) is 4.79 Å². The number of carbonyl (C=O) groups excluding carboxylic acids is 1. The Balaban J connectivity index is 2.22. The van der Waals surface area contributed by atoms with Crippen molar-refractivity contribution in [2.75, 3.05) is 6.54 Å². The maximum Gasteiger partial charge on any atom is 0.224 e. The number of rotatable bonds is 4. The lowest BCUT2D eigenvalue weighted by molar-refractivity contribution is -0.125. The molecule has 3 nitrogen and oxygen atoms in total. The molecule has 1 saturated carbocycles. The Hall–Kier alpha value is -0.570. The Morgan fingerprint density at radius 2 is 2.07 bits per heavy atom. The van der Waals surface area contributed by atoms with E-state index in [1.54, 1.807) is 0 Å². The number of nitrogens with two attached hydrogens (primary N) is 1. The molecule has 0 aromatic heterocycles. The summed E-state index contributed by atoms with van der Waals surface area (Å²) in [5, 5.41) is 2.96. The molecule has 3 atom stereocenters. The number of carbonyl (C=O) groups is 1. The maximum absolute atomic E-state index is 11.5. The van der Waals surface area contributed by atoms with E-state index in [4.69, 9.17) is 5.73 Å². The zero-order valence-corrected chi connectivity index (χ0v) is 9.63. The van der Waals surface area contributed by atoms with Gasteiger partial charge in [0.1, 0.15) is 0 Å². The highest BCUT2D eigenvalue weighted by molar-refractivity contribution is 5.78. The van der Waals surface area contributed by atoms with Gasteiger partial charge < -0.3 is 11.1 Å². The fourth-order valence-electron chi connectivity index (χ4n) is 1.55. The molecule has 0 radical (unpaired) electrons. The van der Waals surface area contributed by atoms with Crippen LogP contribution in [0.2, 0.25) is 0 Å². The maximum atomic E-state index is 11.5. The SMILES string of the molecule is CC(N)C(C)C(=O)NCC1CC1(C)C. The Kier molecular flexibility index (Phi) is 3.20. The summed E-state index contributed by atoms with van der Waals surface area (Å²) in [4.78, 5) is 11.5. The van der Waals surface area contributed by atoms with Gasteiger partial charge in [0, 0.05) is 18.5 Å². The fourth-order valence-corrected chi connectivity index (χ4v) is 1.55. The van der Waals surface area contributed by atoms with Gasteiger partial charge in [0.05, 0.1) is 0 Å². The lowest BCUT2D eigenvalue weighted by Crippen LogP contribution is -2.39. The first-order chi connectivity index (χ1) is 6.34. The molecule has 1 amide bonds. The molecule has 1 fully saturated rings. The highest BCUT2D eigenvalue weighted by atomic mass is 16.1. The standard InChI is InChI=1S/C11H22N2O/c1-7(8(2)12)10(14)13-6-9-5-11(9,3)4/h7-9H,5-6,12H2,1-4H3,(H,13,14). The van der Waals surface area contributed by atoms with Crippen molar-refractivity contribution in [2.24, 2.45) is 23.0 Å². The minimum atomic E-state index is -0.0862. The van der Waals surface area contributed by atoms with Gasteiger partial charge in [-0.15, -0.1) is 0 Å². The number of amides is 1. The molecule has 1 aliphatic rings. The molecule has 1 rings (SSSR count). The van der Waals surface area contributed by atoms with Crippen LogP contribution in [0.15, 0.2) is 0 Å². The molecule has 0 spiro atoms. The van der Waals surface area contributed by atoms with E-state index in [2.05, 4.69) is 19.2 Å². The number of hydrogen-bond donors (Lipinski definition) is 2. The predicted molar refractivity (Wildman–Crippen MR) is 57.7 cm³/mol. The molecule has 0 saturated heterocycles. The van der Waals surface area contributed by atoms with E-state index >= 15 is 0 Å². The lowest BCUT2D eigenvalue weighted by atomic mass is 10.0. The second-order valence-corrected chi connectivity index (χ2v) is 5.28. The zero-order valence-electron chi connectivity index (χ0n) is 9.63. The van der Waals surface area contributed by atoms with Crippen LogP contribution in [0.5, 0.6) is 0 Å². The Labute approximate surface area is 86.4 Å². The summed E-state index contributed by atoms with van der Waals surface area (Å²) >= 11 is 0. The van der Waals surface area contributed by atoms with Gasteiger partial charge in [0.25, 0.3) is 0 Å². The zero-order chi connectivity index (χ0) is 10.9. The van der Waals surface area contributed by atoms with Gasteiger partial charge in [0.2, 0.25) is 5.91 Å². The van der Waals surface area contributed by atoms with Crippen LogP contribution < -0.4 is 11.1 Å². The summed E-state index contributed by atoms with van der Waals surface area (Å²) < 4.78 is 0. The molecule has 3 N–H and O–H groups in total. The van der Waals surface area contributed by atoms with Gasteiger partial charge in [-0.3, -0.25) is 4.79 Å². The van der Waals surface area contributed by atoms with Crippen molar-refractivity contribution in [2.45, 2.75) is 40.2 Å². The minimum absolute atomic E-state index is 0.0674. The van der Waals surface area contributed by atoms with Crippen molar-refractivity contribution < 1.29 is 4.79 Å². The molecule has 82 valence electrons. The van der Waals surface area contributed by atoms with Gasteiger partial charge in [-0.1, -0.05) is 20.8 Å². The monoisotopic (exact) mass is 198 g/mol. The molecule has 0 aliphatic heterocycles. The van der Waals surface area contributed by atoms with E-state index in [0.29, 0.717) is 11.3 Å². The summed E-state index contributed by atoms with van der Waals surface area (Å²) in [6.07, 6.45) is 1.22. The van der Waals surface area contributed by atoms with E-state index in [9.17, 15) is 4.79 Å². The quantitative estimate of drug-likeness (QED) is 0.711. The van der Waals surface area contributed by atoms with E-state index in [0.717, 1.165) is 6.54 Å². The van der Waals surface area contributed by atoms with Crippen molar-refractivity contribution in [3.63, 3.8) is 0 Å². The lowest BCUT2D eigenvalue weighted by Gasteiger charge is -2.15. The van der Waals surface area contributed by atoms with E-state index in [1.165, 1.54) is 6.42 Å². The van der Waals surface area contributed by atoms with Gasteiger partial charge in [-0.25, -0.2) is 0 Å². The second kappa shape index (κ2) is 3.89. The van der Waals surface area contributed by atoms with Crippen molar-refractivity contribution in [1.82, 2.24) is 5.32 Å². The fraction of sp³-hybridized carbons (Fsp3) is 0.909. The van der Waals surface area contributed by atoms with Crippen LogP contribution in [0.25, 0.3) is 0 Å². The molecule has 0 aromatic rings. The predicted octanol–water partition coefficient (Wildman–Crippen LogP) is 1.13. The minimum Gasteiger partial charge on any atom is -0.356 e. The third-order valence-corrected chi connectivity index (χ3v) is 3.44. The van der Waals surface area contributed by atoms with Gasteiger partial charge in [-0.05, 0) is 24.7 Å².